The summed E-state index contributed by atoms with van der Waals surface area (Å²) >= 11 is 9.44. The minimum atomic E-state index is -0.922. The summed E-state index contributed by atoms with van der Waals surface area (Å²) in [5, 5.41) is 24.1. The van der Waals surface area contributed by atoms with Gasteiger partial charge in [0.2, 0.25) is 0 Å². The van der Waals surface area contributed by atoms with Crippen LogP contribution in [0.3, 0.4) is 0 Å². The van der Waals surface area contributed by atoms with Crippen molar-refractivity contribution >= 4 is 52.8 Å². The van der Waals surface area contributed by atoms with Crippen LogP contribution < -0.4 is 0 Å². The number of hydrogen-bond donors (Lipinski definition) is 2. The molecule has 4 nitrogen and oxygen atoms in total. The van der Waals surface area contributed by atoms with E-state index in [-0.39, 0.29) is 16.4 Å². The molecule has 0 aliphatic heterocycles. The average Bonchev–Trinajstić information content (AvgIpc) is 3.51. The molecule has 1 aliphatic carbocycles. The fourth-order valence-corrected chi connectivity index (χ4v) is 7.63. The number of benzene rings is 3. The van der Waals surface area contributed by atoms with Crippen LogP contribution in [0.5, 0.6) is 0 Å². The Kier molecular flexibility index (Phi) is 9.05. The number of thiazole rings is 1. The van der Waals surface area contributed by atoms with Gasteiger partial charge in [0, 0.05) is 26.0 Å². The van der Waals surface area contributed by atoms with Gasteiger partial charge in [0.1, 0.15) is 5.01 Å². The molecule has 1 unspecified atom stereocenters. The first-order valence-corrected chi connectivity index (χ1v) is 15.9. The van der Waals surface area contributed by atoms with Gasteiger partial charge in [-0.15, -0.1) is 23.1 Å². The quantitative estimate of drug-likeness (QED) is 0.169. The highest BCUT2D eigenvalue weighted by Gasteiger charge is 2.47. The summed E-state index contributed by atoms with van der Waals surface area (Å²) < 4.78 is -0.197. The number of hydrogen-bond acceptors (Lipinski definition) is 5. The number of carboxylic acid groups (broad SMARTS) is 1. The predicted molar refractivity (Wildman–Crippen MR) is 172 cm³/mol. The van der Waals surface area contributed by atoms with Crippen LogP contribution >= 0.6 is 34.7 Å². The van der Waals surface area contributed by atoms with Crippen LogP contribution in [0.2, 0.25) is 5.02 Å². The molecule has 4 aromatic rings. The number of thioether (sulfide) groups is 1. The lowest BCUT2D eigenvalue weighted by Gasteiger charge is -2.25. The Bertz CT molecular complexity index is 1530. The van der Waals surface area contributed by atoms with Gasteiger partial charge in [-0.05, 0) is 80.0 Å². The highest BCUT2D eigenvalue weighted by molar-refractivity contribution is 8.01. The van der Waals surface area contributed by atoms with Crippen LogP contribution in [0.4, 0.5) is 0 Å². The summed E-state index contributed by atoms with van der Waals surface area (Å²) in [7, 11) is 0. The lowest BCUT2D eigenvalue weighted by Crippen LogP contribution is -2.18. The maximum Gasteiger partial charge on any atom is 0.304 e. The molecule has 1 fully saturated rings. The van der Waals surface area contributed by atoms with Crippen molar-refractivity contribution in [2.75, 3.05) is 0 Å². The predicted octanol–water partition coefficient (Wildman–Crippen LogP) is 9.28. The molecule has 0 radical (unpaired) electrons. The van der Waals surface area contributed by atoms with Crippen molar-refractivity contribution in [3.63, 3.8) is 0 Å². The third-order valence-corrected chi connectivity index (χ3v) is 10.3. The third kappa shape index (κ3) is 7.89. The molecule has 0 spiro atoms. The molecule has 1 atom stereocenters. The lowest BCUT2D eigenvalue weighted by molar-refractivity contribution is -0.137. The van der Waals surface area contributed by atoms with Crippen LogP contribution in [0.15, 0.2) is 78.2 Å². The molecular weight excluding hydrogens is 570 g/mol. The monoisotopic (exact) mass is 603 g/mol. The van der Waals surface area contributed by atoms with Crippen molar-refractivity contribution in [2.24, 2.45) is 0 Å². The summed E-state index contributed by atoms with van der Waals surface area (Å²) in [5.41, 5.74) is 5.38. The SMILES string of the molecule is CC(C)(O)c1ccccc1CCC(SC1(CC(=O)O)CC1)c1cccc(/C=C/c2nc(-c3ccc(Cl)cc3)cs2)c1. The number of rotatable bonds is 12. The van der Waals surface area contributed by atoms with Crippen LogP contribution in [0.1, 0.15) is 72.0 Å². The highest BCUT2D eigenvalue weighted by Crippen LogP contribution is 2.57. The zero-order valence-electron chi connectivity index (χ0n) is 23.2. The van der Waals surface area contributed by atoms with Gasteiger partial charge in [0.05, 0.1) is 17.7 Å². The molecule has 1 heterocycles. The number of nitrogens with zero attached hydrogens (tertiary/aromatic N) is 1. The Hall–Kier alpha value is -2.90. The topological polar surface area (TPSA) is 70.4 Å². The number of carboxylic acids is 1. The molecule has 1 aromatic heterocycles. The van der Waals surface area contributed by atoms with Gasteiger partial charge in [-0.25, -0.2) is 4.98 Å². The number of aliphatic hydroxyl groups is 1. The molecule has 5 rings (SSSR count). The number of carbonyl (C=O) groups is 1. The van der Waals surface area contributed by atoms with Crippen molar-refractivity contribution in [1.82, 2.24) is 4.98 Å². The summed E-state index contributed by atoms with van der Waals surface area (Å²) in [6, 6.07) is 24.3. The number of aromatic nitrogens is 1. The van der Waals surface area contributed by atoms with E-state index in [9.17, 15) is 15.0 Å². The maximum atomic E-state index is 11.6. The minimum Gasteiger partial charge on any atom is -0.481 e. The van der Waals surface area contributed by atoms with Crippen molar-refractivity contribution in [1.29, 1.82) is 0 Å². The van der Waals surface area contributed by atoms with Gasteiger partial charge < -0.3 is 10.2 Å². The van der Waals surface area contributed by atoms with Crippen molar-refractivity contribution in [2.45, 2.75) is 61.5 Å². The summed E-state index contributed by atoms with van der Waals surface area (Å²) in [4.78, 5) is 16.4. The van der Waals surface area contributed by atoms with E-state index in [0.29, 0.717) is 5.02 Å². The Morgan fingerprint density at radius 2 is 1.85 bits per heavy atom. The highest BCUT2D eigenvalue weighted by atomic mass is 35.5. The van der Waals surface area contributed by atoms with Crippen LogP contribution in [0, 0.1) is 0 Å². The van der Waals surface area contributed by atoms with E-state index >= 15 is 0 Å². The van der Waals surface area contributed by atoms with Crippen LogP contribution in [0.25, 0.3) is 23.4 Å². The van der Waals surface area contributed by atoms with Gasteiger partial charge in [0.25, 0.3) is 0 Å². The second-order valence-corrected chi connectivity index (χ2v) is 14.2. The molecule has 2 N–H and O–H groups in total. The van der Waals surface area contributed by atoms with E-state index in [1.807, 2.05) is 74.1 Å². The number of halogens is 1. The molecule has 1 saturated carbocycles. The first-order chi connectivity index (χ1) is 19.6. The molecule has 0 amide bonds. The Morgan fingerprint density at radius 1 is 1.10 bits per heavy atom. The normalized spacial score (nSPS) is 15.2. The smallest absolute Gasteiger partial charge is 0.304 e. The maximum absolute atomic E-state index is 11.6. The van der Waals surface area contributed by atoms with Gasteiger partial charge in [-0.1, -0.05) is 78.3 Å². The average molecular weight is 604 g/mol. The molecular formula is C34H34ClNO3S2. The van der Waals surface area contributed by atoms with Gasteiger partial charge >= 0.3 is 5.97 Å². The largest absolute Gasteiger partial charge is 0.481 e. The van der Waals surface area contributed by atoms with E-state index in [1.165, 1.54) is 5.56 Å². The third-order valence-electron chi connectivity index (χ3n) is 7.39. The van der Waals surface area contributed by atoms with Gasteiger partial charge in [-0.2, -0.15) is 0 Å². The molecule has 7 heteroatoms. The number of aryl methyl sites for hydroxylation is 1. The van der Waals surface area contributed by atoms with Crippen LogP contribution in [-0.2, 0) is 16.8 Å². The van der Waals surface area contributed by atoms with Crippen molar-refractivity contribution < 1.29 is 15.0 Å². The Labute approximate surface area is 255 Å². The lowest BCUT2D eigenvalue weighted by atomic mass is 9.90. The fourth-order valence-electron chi connectivity index (χ4n) is 5.12. The molecule has 0 bridgehead atoms. The standard InChI is InChI=1S/C34H34ClNO3S2/c1-33(2,39)28-9-4-3-7-24(28)13-16-30(41-34(18-19-34)21-32(37)38)26-8-5-6-23(20-26)10-17-31-36-29(22-40-31)25-11-14-27(35)15-12-25/h3-12,14-15,17,20,22,30,39H,13,16,18-19,21H2,1-2H3,(H,37,38)/b17-10+. The van der Waals surface area contributed by atoms with Gasteiger partial charge in [0.15, 0.2) is 0 Å². The van der Waals surface area contributed by atoms with Crippen molar-refractivity contribution in [3.05, 3.63) is 110 Å². The molecule has 3 aromatic carbocycles. The fraction of sp³-hybridized carbons (Fsp3) is 0.294. The first kappa shape index (κ1) is 29.6. The molecule has 212 valence electrons. The minimum absolute atomic E-state index is 0.136. The van der Waals surface area contributed by atoms with Gasteiger partial charge in [-0.3, -0.25) is 4.79 Å². The Morgan fingerprint density at radius 3 is 2.56 bits per heavy atom. The van der Waals surface area contributed by atoms with E-state index in [4.69, 9.17) is 16.6 Å². The second kappa shape index (κ2) is 12.5. The molecule has 0 saturated heterocycles. The second-order valence-electron chi connectivity index (χ2n) is 11.2. The van der Waals surface area contributed by atoms with E-state index in [2.05, 4.69) is 41.8 Å². The molecule has 1 aliphatic rings. The molecule has 41 heavy (non-hydrogen) atoms. The van der Waals surface area contributed by atoms with E-state index < -0.39 is 11.6 Å². The summed E-state index contributed by atoms with van der Waals surface area (Å²) in [6.07, 6.45) is 7.83. The van der Waals surface area contributed by atoms with E-state index in [1.54, 1.807) is 11.3 Å². The van der Waals surface area contributed by atoms with Crippen LogP contribution in [-0.4, -0.2) is 25.9 Å². The van der Waals surface area contributed by atoms with E-state index in [0.717, 1.165) is 58.6 Å². The zero-order chi connectivity index (χ0) is 29.0. The first-order valence-electron chi connectivity index (χ1n) is 13.8. The number of aliphatic carboxylic acids is 1. The zero-order valence-corrected chi connectivity index (χ0v) is 25.6. The summed E-state index contributed by atoms with van der Waals surface area (Å²) in [6.45, 7) is 3.64. The summed E-state index contributed by atoms with van der Waals surface area (Å²) in [5.74, 6) is -0.737. The van der Waals surface area contributed by atoms with Crippen molar-refractivity contribution in [3.8, 4) is 11.3 Å². The Balaban J connectivity index is 1.36.